The van der Waals surface area contributed by atoms with Crippen molar-refractivity contribution >= 4 is 0 Å². The number of hydrogen-bond acceptors (Lipinski definition) is 2. The summed E-state index contributed by atoms with van der Waals surface area (Å²) in [6.07, 6.45) is 8.80. The van der Waals surface area contributed by atoms with Gasteiger partial charge in [0.2, 0.25) is 0 Å². The Morgan fingerprint density at radius 1 is 0.905 bits per heavy atom. The average Bonchev–Trinajstić information content (AvgIpc) is 2.53. The van der Waals surface area contributed by atoms with Gasteiger partial charge in [0.05, 0.1) is 6.61 Å². The van der Waals surface area contributed by atoms with E-state index in [1.807, 2.05) is 0 Å². The Morgan fingerprint density at radius 3 is 2.43 bits per heavy atom. The highest BCUT2D eigenvalue weighted by Gasteiger charge is 2.02. The molecule has 2 nitrogen and oxygen atoms in total. The minimum atomic E-state index is 0.813. The van der Waals surface area contributed by atoms with Crippen LogP contribution in [0.1, 0.15) is 56.2 Å². The van der Waals surface area contributed by atoms with Crippen molar-refractivity contribution in [2.75, 3.05) is 26.8 Å². The summed E-state index contributed by atoms with van der Waals surface area (Å²) in [6, 6.07) is 7.03. The topological polar surface area (TPSA) is 21.3 Å². The van der Waals surface area contributed by atoms with Gasteiger partial charge in [0, 0.05) is 13.7 Å². The first-order valence-electron chi connectivity index (χ1n) is 8.62. The van der Waals surface area contributed by atoms with E-state index in [-0.39, 0.29) is 0 Å². The van der Waals surface area contributed by atoms with Crippen LogP contribution < -0.4 is 5.32 Å². The van der Waals surface area contributed by atoms with Crippen molar-refractivity contribution in [2.45, 2.75) is 58.8 Å². The van der Waals surface area contributed by atoms with E-state index >= 15 is 0 Å². The van der Waals surface area contributed by atoms with Gasteiger partial charge in [0.25, 0.3) is 0 Å². The first-order valence-corrected chi connectivity index (χ1v) is 8.62. The van der Waals surface area contributed by atoms with Gasteiger partial charge in [-0.05, 0) is 55.3 Å². The number of unbranched alkanes of at least 4 members (excludes halogenated alkanes) is 3. The highest BCUT2D eigenvalue weighted by molar-refractivity contribution is 5.32. The van der Waals surface area contributed by atoms with Gasteiger partial charge in [-0.15, -0.1) is 0 Å². The molecule has 0 saturated carbocycles. The largest absolute Gasteiger partial charge is 0.383 e. The summed E-state index contributed by atoms with van der Waals surface area (Å²) in [4.78, 5) is 0. The molecule has 0 bridgehead atoms. The molecule has 0 spiro atoms. The second kappa shape index (κ2) is 11.8. The van der Waals surface area contributed by atoms with Gasteiger partial charge in [0.1, 0.15) is 0 Å². The lowest BCUT2D eigenvalue weighted by atomic mass is 9.96. The van der Waals surface area contributed by atoms with Crippen molar-refractivity contribution in [3.8, 4) is 0 Å². The Hall–Kier alpha value is -0.860. The minimum absolute atomic E-state index is 0.813. The summed E-state index contributed by atoms with van der Waals surface area (Å²) in [5.41, 5.74) is 4.59. The number of methoxy groups -OCH3 is 1. The van der Waals surface area contributed by atoms with Gasteiger partial charge in [-0.25, -0.2) is 0 Å². The first-order chi connectivity index (χ1) is 10.3. The van der Waals surface area contributed by atoms with E-state index in [1.54, 1.807) is 12.7 Å². The van der Waals surface area contributed by atoms with Crippen LogP contribution in [0, 0.1) is 0 Å². The van der Waals surface area contributed by atoms with Crippen LogP contribution in [0.25, 0.3) is 0 Å². The maximum atomic E-state index is 5.01. The van der Waals surface area contributed by atoms with Crippen molar-refractivity contribution in [1.29, 1.82) is 0 Å². The van der Waals surface area contributed by atoms with Gasteiger partial charge in [-0.2, -0.15) is 0 Å². The lowest BCUT2D eigenvalue weighted by Gasteiger charge is -2.10. The number of aryl methyl sites for hydroxylation is 3. The number of nitrogens with one attached hydrogen (secondary N) is 1. The lowest BCUT2D eigenvalue weighted by Crippen LogP contribution is -2.20. The predicted molar refractivity (Wildman–Crippen MR) is 92.1 cm³/mol. The molecule has 1 aromatic carbocycles. The standard InChI is InChI=1S/C19H33NO/c1-4-17-11-12-18(5-2)19(16-17)10-8-6-7-9-13-20-14-15-21-3/h11-12,16,20H,4-10,13-15H2,1-3H3. The van der Waals surface area contributed by atoms with E-state index in [1.165, 1.54) is 43.2 Å². The number of rotatable bonds is 12. The molecular formula is C19H33NO. The molecule has 0 aliphatic heterocycles. The summed E-state index contributed by atoms with van der Waals surface area (Å²) in [6.45, 7) is 7.40. The average molecular weight is 291 g/mol. The van der Waals surface area contributed by atoms with E-state index < -0.39 is 0 Å². The third-order valence-corrected chi connectivity index (χ3v) is 4.09. The maximum absolute atomic E-state index is 5.01. The molecule has 120 valence electrons. The minimum Gasteiger partial charge on any atom is -0.383 e. The molecule has 0 heterocycles. The monoisotopic (exact) mass is 291 g/mol. The summed E-state index contributed by atoms with van der Waals surface area (Å²) >= 11 is 0. The van der Waals surface area contributed by atoms with Crippen LogP contribution in [0.15, 0.2) is 18.2 Å². The summed E-state index contributed by atoms with van der Waals surface area (Å²) in [5.74, 6) is 0. The highest BCUT2D eigenvalue weighted by Crippen LogP contribution is 2.17. The third kappa shape index (κ3) is 7.63. The van der Waals surface area contributed by atoms with E-state index in [9.17, 15) is 0 Å². The zero-order valence-corrected chi connectivity index (χ0v) is 14.2. The lowest BCUT2D eigenvalue weighted by molar-refractivity contribution is 0.199. The summed E-state index contributed by atoms with van der Waals surface area (Å²) < 4.78 is 5.01. The Morgan fingerprint density at radius 2 is 1.71 bits per heavy atom. The fourth-order valence-electron chi connectivity index (χ4n) is 2.70. The van der Waals surface area contributed by atoms with Gasteiger partial charge in [0.15, 0.2) is 0 Å². The van der Waals surface area contributed by atoms with E-state index in [2.05, 4.69) is 37.4 Å². The second-order valence-electron chi connectivity index (χ2n) is 5.72. The molecule has 0 unspecified atom stereocenters. The second-order valence-corrected chi connectivity index (χ2v) is 5.72. The van der Waals surface area contributed by atoms with Gasteiger partial charge in [-0.3, -0.25) is 0 Å². The fraction of sp³-hybridized carbons (Fsp3) is 0.684. The molecule has 0 amide bonds. The van der Waals surface area contributed by atoms with Crippen LogP contribution in [0.5, 0.6) is 0 Å². The molecule has 1 rings (SSSR count). The van der Waals surface area contributed by atoms with Crippen LogP contribution in [-0.2, 0) is 24.0 Å². The van der Waals surface area contributed by atoms with Crippen molar-refractivity contribution in [2.24, 2.45) is 0 Å². The van der Waals surface area contributed by atoms with Crippen LogP contribution in [0.2, 0.25) is 0 Å². The van der Waals surface area contributed by atoms with Gasteiger partial charge in [-0.1, -0.05) is 44.9 Å². The van der Waals surface area contributed by atoms with Crippen molar-refractivity contribution in [3.63, 3.8) is 0 Å². The summed E-state index contributed by atoms with van der Waals surface area (Å²) in [7, 11) is 1.75. The quantitative estimate of drug-likeness (QED) is 0.584. The van der Waals surface area contributed by atoms with Gasteiger partial charge >= 0.3 is 0 Å². The van der Waals surface area contributed by atoms with Crippen LogP contribution in [0.4, 0.5) is 0 Å². The smallest absolute Gasteiger partial charge is 0.0587 e. The van der Waals surface area contributed by atoms with Crippen LogP contribution in [-0.4, -0.2) is 26.8 Å². The molecule has 1 aromatic rings. The molecule has 0 radical (unpaired) electrons. The zero-order chi connectivity index (χ0) is 15.3. The Bertz CT molecular complexity index is 376. The molecule has 0 fully saturated rings. The van der Waals surface area contributed by atoms with Crippen molar-refractivity contribution in [3.05, 3.63) is 34.9 Å². The van der Waals surface area contributed by atoms with Crippen molar-refractivity contribution < 1.29 is 4.74 Å². The molecule has 0 aliphatic carbocycles. The van der Waals surface area contributed by atoms with Crippen LogP contribution >= 0.6 is 0 Å². The molecule has 1 N–H and O–H groups in total. The normalized spacial score (nSPS) is 11.0. The Labute approximate surface area is 131 Å². The van der Waals surface area contributed by atoms with Gasteiger partial charge < -0.3 is 10.1 Å². The molecular weight excluding hydrogens is 258 g/mol. The highest BCUT2D eigenvalue weighted by atomic mass is 16.5. The SMILES string of the molecule is CCc1ccc(CC)c(CCCCCCNCCOC)c1. The molecule has 2 heteroatoms. The molecule has 0 aliphatic rings. The predicted octanol–water partition coefficient (Wildman–Crippen LogP) is 4.15. The summed E-state index contributed by atoms with van der Waals surface area (Å²) in [5, 5.41) is 3.40. The molecule has 21 heavy (non-hydrogen) atoms. The maximum Gasteiger partial charge on any atom is 0.0587 e. The number of hydrogen-bond donors (Lipinski definition) is 1. The first kappa shape index (κ1) is 18.2. The van der Waals surface area contributed by atoms with Crippen LogP contribution in [0.3, 0.4) is 0 Å². The zero-order valence-electron chi connectivity index (χ0n) is 14.2. The number of benzene rings is 1. The Kier molecular flexibility index (Phi) is 10.2. The van der Waals surface area contributed by atoms with E-state index in [0.717, 1.165) is 32.5 Å². The Balaban J connectivity index is 2.17. The number of ether oxygens (including phenoxy) is 1. The third-order valence-electron chi connectivity index (χ3n) is 4.09. The van der Waals surface area contributed by atoms with E-state index in [4.69, 9.17) is 4.74 Å². The molecule has 0 atom stereocenters. The van der Waals surface area contributed by atoms with Crippen molar-refractivity contribution in [1.82, 2.24) is 5.32 Å². The molecule has 0 aromatic heterocycles. The molecule has 0 saturated heterocycles. The van der Waals surface area contributed by atoms with E-state index in [0.29, 0.717) is 0 Å². The fourth-order valence-corrected chi connectivity index (χ4v) is 2.70.